The molecule has 0 spiro atoms. The second-order valence-electron chi connectivity index (χ2n) is 6.05. The molecule has 1 aliphatic rings. The molecule has 2 unspecified atom stereocenters. The van der Waals surface area contributed by atoms with Crippen molar-refractivity contribution in [3.05, 3.63) is 83.8 Å². The van der Waals surface area contributed by atoms with Crippen LogP contribution in [0, 0.1) is 5.92 Å². The molecular formula is C21H26FNO. The zero-order valence-corrected chi connectivity index (χ0v) is 14.8. The van der Waals surface area contributed by atoms with Crippen LogP contribution in [0.2, 0.25) is 0 Å². The highest BCUT2D eigenvalue weighted by molar-refractivity contribution is 5.88. The quantitative estimate of drug-likeness (QED) is 0.533. The first-order valence-electron chi connectivity index (χ1n) is 8.01. The Labute approximate surface area is 144 Å². The summed E-state index contributed by atoms with van der Waals surface area (Å²) in [5, 5.41) is 2.87. The number of carbonyl (C=O) groups excluding carboxylic acids is 1. The summed E-state index contributed by atoms with van der Waals surface area (Å²) in [5.41, 5.74) is 2.95. The van der Waals surface area contributed by atoms with Crippen molar-refractivity contribution in [3.63, 3.8) is 0 Å². The number of hydrogen-bond acceptors (Lipinski definition) is 1. The van der Waals surface area contributed by atoms with Gasteiger partial charge >= 0.3 is 0 Å². The molecule has 0 saturated heterocycles. The average Bonchev–Trinajstić information content (AvgIpc) is 2.65. The molecule has 0 radical (unpaired) electrons. The molecule has 0 saturated carbocycles. The summed E-state index contributed by atoms with van der Waals surface area (Å²) in [7, 11) is 0. The van der Waals surface area contributed by atoms with Gasteiger partial charge in [-0.1, -0.05) is 65.8 Å². The Kier molecular flexibility index (Phi) is 7.90. The van der Waals surface area contributed by atoms with Gasteiger partial charge < -0.3 is 5.32 Å². The predicted octanol–water partition coefficient (Wildman–Crippen LogP) is 5.11. The highest BCUT2D eigenvalue weighted by atomic mass is 19.1. The first-order valence-corrected chi connectivity index (χ1v) is 8.01. The molecule has 0 fully saturated rings. The van der Waals surface area contributed by atoms with Gasteiger partial charge in [0.05, 0.1) is 0 Å². The summed E-state index contributed by atoms with van der Waals surface area (Å²) in [6.07, 6.45) is 15.4. The fraction of sp³-hybridized carbons (Fsp3) is 0.286. The predicted molar refractivity (Wildman–Crippen MR) is 100 cm³/mol. The van der Waals surface area contributed by atoms with Crippen LogP contribution >= 0.6 is 0 Å². The number of hydrogen-bond donors (Lipinski definition) is 1. The van der Waals surface area contributed by atoms with Crippen molar-refractivity contribution in [1.82, 2.24) is 5.32 Å². The van der Waals surface area contributed by atoms with Crippen molar-refractivity contribution in [3.8, 4) is 0 Å². The largest absolute Gasteiger partial charge is 0.346 e. The maximum absolute atomic E-state index is 13.9. The van der Waals surface area contributed by atoms with Crippen LogP contribution in [0.3, 0.4) is 0 Å². The molecule has 0 aromatic carbocycles. The summed E-state index contributed by atoms with van der Waals surface area (Å²) < 4.78 is 13.9. The van der Waals surface area contributed by atoms with Crippen molar-refractivity contribution in [2.24, 2.45) is 5.92 Å². The van der Waals surface area contributed by atoms with Gasteiger partial charge in [-0.05, 0) is 39.8 Å². The van der Waals surface area contributed by atoms with Crippen LogP contribution in [0.15, 0.2) is 83.8 Å². The van der Waals surface area contributed by atoms with Crippen LogP contribution in [-0.2, 0) is 4.79 Å². The van der Waals surface area contributed by atoms with Gasteiger partial charge in [-0.15, -0.1) is 0 Å². The van der Waals surface area contributed by atoms with Crippen LogP contribution in [-0.4, -0.2) is 11.9 Å². The molecule has 128 valence electrons. The Hall–Kier alpha value is -2.42. The number of carbonyl (C=O) groups is 1. The van der Waals surface area contributed by atoms with Crippen molar-refractivity contribution in [2.75, 3.05) is 0 Å². The molecular weight excluding hydrogens is 301 g/mol. The van der Waals surface area contributed by atoms with Crippen LogP contribution < -0.4 is 5.32 Å². The van der Waals surface area contributed by atoms with E-state index < -0.39 is 5.92 Å². The standard InChI is InChI=1S/C21H26FNO/c1-15(2)8-6-10-17(4)18(5)23-21(24)13-12-19-14-16(3)9-7-11-20(19)22/h6-14,18-19H,1H2,2-5H3,(H,23,24)/b8-6-,13-12+,17-10+. The minimum absolute atomic E-state index is 0.106. The maximum Gasteiger partial charge on any atom is 0.244 e. The van der Waals surface area contributed by atoms with Gasteiger partial charge in [-0.2, -0.15) is 0 Å². The third kappa shape index (κ3) is 7.23. The van der Waals surface area contributed by atoms with E-state index in [2.05, 4.69) is 11.9 Å². The second-order valence-corrected chi connectivity index (χ2v) is 6.05. The van der Waals surface area contributed by atoms with Gasteiger partial charge in [0, 0.05) is 12.0 Å². The molecule has 1 N–H and O–H groups in total. The Morgan fingerprint density at radius 2 is 2.08 bits per heavy atom. The number of nitrogens with one attached hydrogen (secondary N) is 1. The zero-order valence-electron chi connectivity index (χ0n) is 14.8. The zero-order chi connectivity index (χ0) is 18.1. The van der Waals surface area contributed by atoms with Crippen molar-refractivity contribution >= 4 is 5.91 Å². The van der Waals surface area contributed by atoms with E-state index in [1.807, 2.05) is 52.0 Å². The van der Waals surface area contributed by atoms with Crippen molar-refractivity contribution < 1.29 is 9.18 Å². The van der Waals surface area contributed by atoms with E-state index in [0.29, 0.717) is 0 Å². The molecule has 2 atom stereocenters. The number of rotatable bonds is 6. The molecule has 1 amide bonds. The van der Waals surface area contributed by atoms with Gasteiger partial charge in [-0.25, -0.2) is 4.39 Å². The molecule has 2 nitrogen and oxygen atoms in total. The van der Waals surface area contributed by atoms with E-state index in [1.165, 1.54) is 12.2 Å². The van der Waals surface area contributed by atoms with Gasteiger partial charge in [0.1, 0.15) is 5.83 Å². The molecule has 0 aromatic heterocycles. The van der Waals surface area contributed by atoms with E-state index in [4.69, 9.17) is 0 Å². The van der Waals surface area contributed by atoms with E-state index in [0.717, 1.165) is 16.7 Å². The van der Waals surface area contributed by atoms with E-state index >= 15 is 0 Å². The van der Waals surface area contributed by atoms with E-state index in [9.17, 15) is 9.18 Å². The fourth-order valence-electron chi connectivity index (χ4n) is 2.04. The van der Waals surface area contributed by atoms with Crippen molar-refractivity contribution in [1.29, 1.82) is 0 Å². The minimum Gasteiger partial charge on any atom is -0.346 e. The van der Waals surface area contributed by atoms with Gasteiger partial charge in [0.25, 0.3) is 0 Å². The van der Waals surface area contributed by atoms with Crippen LogP contribution in [0.5, 0.6) is 0 Å². The van der Waals surface area contributed by atoms with E-state index in [-0.39, 0.29) is 17.8 Å². The van der Waals surface area contributed by atoms with Gasteiger partial charge in [-0.3, -0.25) is 4.79 Å². The van der Waals surface area contributed by atoms with Gasteiger partial charge in [0.2, 0.25) is 5.91 Å². The average molecular weight is 327 g/mol. The maximum atomic E-state index is 13.9. The third-order valence-electron chi connectivity index (χ3n) is 3.61. The smallest absolute Gasteiger partial charge is 0.244 e. The van der Waals surface area contributed by atoms with Crippen LogP contribution in [0.25, 0.3) is 0 Å². The highest BCUT2D eigenvalue weighted by Gasteiger charge is 2.11. The summed E-state index contributed by atoms with van der Waals surface area (Å²) in [6.45, 7) is 11.5. The number of halogens is 1. The Balaban J connectivity index is 2.65. The topological polar surface area (TPSA) is 29.1 Å². The Bertz CT molecular complexity index is 659. The second kappa shape index (κ2) is 9.66. The lowest BCUT2D eigenvalue weighted by atomic mass is 10.0. The highest BCUT2D eigenvalue weighted by Crippen LogP contribution is 2.21. The van der Waals surface area contributed by atoms with Crippen LogP contribution in [0.1, 0.15) is 27.7 Å². The first-order chi connectivity index (χ1) is 11.3. The third-order valence-corrected chi connectivity index (χ3v) is 3.61. The lowest BCUT2D eigenvalue weighted by Gasteiger charge is -2.13. The molecule has 3 heteroatoms. The fourth-order valence-corrected chi connectivity index (χ4v) is 2.04. The molecule has 0 bridgehead atoms. The molecule has 1 aliphatic carbocycles. The number of amides is 1. The summed E-state index contributed by atoms with van der Waals surface area (Å²) in [5.74, 6) is -1.02. The first kappa shape index (κ1) is 19.6. The minimum atomic E-state index is -0.504. The normalized spacial score (nSPS) is 19.9. The molecule has 0 heterocycles. The lowest BCUT2D eigenvalue weighted by molar-refractivity contribution is -0.116. The monoisotopic (exact) mass is 327 g/mol. The molecule has 0 aliphatic heterocycles. The summed E-state index contributed by atoms with van der Waals surface area (Å²) in [4.78, 5) is 12.0. The summed E-state index contributed by atoms with van der Waals surface area (Å²) in [6, 6.07) is -0.106. The lowest BCUT2D eigenvalue weighted by Crippen LogP contribution is -2.32. The Morgan fingerprint density at radius 3 is 2.75 bits per heavy atom. The SMILES string of the molecule is C=C(C)/C=C\C=C(/C)C(C)NC(=O)/C=C/C1C=C(C)C=CC=C1F. The molecule has 24 heavy (non-hydrogen) atoms. The van der Waals surface area contributed by atoms with Crippen molar-refractivity contribution in [2.45, 2.75) is 33.7 Å². The summed E-state index contributed by atoms with van der Waals surface area (Å²) >= 11 is 0. The molecule has 0 aromatic rings. The number of allylic oxidation sites excluding steroid dienone is 11. The Morgan fingerprint density at radius 1 is 1.38 bits per heavy atom. The van der Waals surface area contributed by atoms with E-state index in [1.54, 1.807) is 18.2 Å². The van der Waals surface area contributed by atoms with Gasteiger partial charge in [0.15, 0.2) is 0 Å². The molecule has 1 rings (SSSR count). The van der Waals surface area contributed by atoms with Crippen LogP contribution in [0.4, 0.5) is 4.39 Å².